The topological polar surface area (TPSA) is 75.6 Å². The van der Waals surface area contributed by atoms with Crippen LogP contribution in [0.2, 0.25) is 10.3 Å². The number of carboxylic acid groups (broad SMARTS) is 1. The van der Waals surface area contributed by atoms with Crippen LogP contribution < -0.4 is 9.78 Å². The standard InChI is InChI=1S/C16H22ClNO4Se/c1-16(2,3)22-15(21)18-12(6-9-14(19)20)10-23-13-7-4-11(17)5-8-13/h4-5,7-8,12H,6,9-10H2,1-3H3,(H,18,21)(H,19,20)/t12-/m0/s1. The first-order chi connectivity index (χ1) is 10.7. The number of hydrogen-bond donors (Lipinski definition) is 2. The number of ether oxygens (including phenoxy) is 1. The molecule has 0 unspecified atom stereocenters. The molecule has 0 radical (unpaired) electrons. The molecule has 0 saturated heterocycles. The summed E-state index contributed by atoms with van der Waals surface area (Å²) in [6.45, 7) is 5.36. The van der Waals surface area contributed by atoms with Gasteiger partial charge in [0, 0.05) is 0 Å². The molecule has 0 saturated carbocycles. The molecule has 7 heteroatoms. The van der Waals surface area contributed by atoms with Crippen LogP contribution in [0.3, 0.4) is 0 Å². The van der Waals surface area contributed by atoms with Gasteiger partial charge in [0.05, 0.1) is 0 Å². The molecule has 0 heterocycles. The van der Waals surface area contributed by atoms with Gasteiger partial charge in [0.25, 0.3) is 0 Å². The summed E-state index contributed by atoms with van der Waals surface area (Å²) < 4.78 is 6.38. The maximum absolute atomic E-state index is 11.9. The molecule has 1 amide bonds. The first kappa shape index (κ1) is 19.8. The number of halogens is 1. The van der Waals surface area contributed by atoms with Crippen molar-refractivity contribution in [3.63, 3.8) is 0 Å². The fourth-order valence-electron chi connectivity index (χ4n) is 1.70. The molecular formula is C16H22ClNO4Se. The van der Waals surface area contributed by atoms with Crippen molar-refractivity contribution < 1.29 is 19.4 Å². The Morgan fingerprint density at radius 2 is 1.91 bits per heavy atom. The van der Waals surface area contributed by atoms with E-state index in [1.165, 1.54) is 0 Å². The van der Waals surface area contributed by atoms with E-state index in [9.17, 15) is 9.59 Å². The van der Waals surface area contributed by atoms with E-state index in [-0.39, 0.29) is 27.4 Å². The number of alkyl carbamates (subject to hydrolysis) is 1. The number of carboxylic acids is 1. The third-order valence-electron chi connectivity index (χ3n) is 2.69. The predicted molar refractivity (Wildman–Crippen MR) is 91.7 cm³/mol. The number of nitrogens with one attached hydrogen (secondary N) is 1. The van der Waals surface area contributed by atoms with E-state index in [1.807, 2.05) is 24.3 Å². The molecule has 0 aliphatic carbocycles. The first-order valence-electron chi connectivity index (χ1n) is 7.25. The van der Waals surface area contributed by atoms with E-state index >= 15 is 0 Å². The van der Waals surface area contributed by atoms with Crippen molar-refractivity contribution in [1.82, 2.24) is 5.32 Å². The van der Waals surface area contributed by atoms with E-state index in [0.717, 1.165) is 4.46 Å². The van der Waals surface area contributed by atoms with Gasteiger partial charge >= 0.3 is 148 Å². The molecule has 1 aromatic rings. The van der Waals surface area contributed by atoms with E-state index in [2.05, 4.69) is 5.32 Å². The summed E-state index contributed by atoms with van der Waals surface area (Å²) in [7, 11) is 0. The molecule has 1 aromatic carbocycles. The minimum atomic E-state index is -0.875. The summed E-state index contributed by atoms with van der Waals surface area (Å²) in [4.78, 5) is 22.7. The van der Waals surface area contributed by atoms with Crippen molar-refractivity contribution in [3.8, 4) is 0 Å². The number of amides is 1. The molecule has 128 valence electrons. The van der Waals surface area contributed by atoms with E-state index in [1.54, 1.807) is 20.8 Å². The Morgan fingerprint density at radius 1 is 1.30 bits per heavy atom. The minimum absolute atomic E-state index is 0.0111. The van der Waals surface area contributed by atoms with Crippen LogP contribution in [0.15, 0.2) is 24.3 Å². The van der Waals surface area contributed by atoms with Gasteiger partial charge in [0.15, 0.2) is 0 Å². The van der Waals surface area contributed by atoms with Crippen molar-refractivity contribution >= 4 is 43.1 Å². The molecule has 0 aliphatic heterocycles. The second-order valence-electron chi connectivity index (χ2n) is 6.04. The Bertz CT molecular complexity index is 528. The zero-order valence-electron chi connectivity index (χ0n) is 13.5. The third kappa shape index (κ3) is 9.49. The molecule has 2 N–H and O–H groups in total. The summed E-state index contributed by atoms with van der Waals surface area (Å²) in [5.41, 5.74) is -0.581. The summed E-state index contributed by atoms with van der Waals surface area (Å²) in [5, 5.41) is 13.0. The van der Waals surface area contributed by atoms with Crippen LogP contribution in [0, 0.1) is 0 Å². The maximum atomic E-state index is 11.9. The van der Waals surface area contributed by atoms with E-state index < -0.39 is 17.7 Å². The molecule has 0 aromatic heterocycles. The van der Waals surface area contributed by atoms with Gasteiger partial charge in [0.1, 0.15) is 0 Å². The second kappa shape index (κ2) is 9.16. The van der Waals surface area contributed by atoms with Gasteiger partial charge in [-0.3, -0.25) is 0 Å². The van der Waals surface area contributed by atoms with Crippen LogP contribution in [0.4, 0.5) is 4.79 Å². The summed E-state index contributed by atoms with van der Waals surface area (Å²) in [6, 6.07) is 7.32. The van der Waals surface area contributed by atoms with E-state index in [4.69, 9.17) is 21.4 Å². The molecule has 0 aliphatic rings. The average molecular weight is 407 g/mol. The SMILES string of the molecule is CC(C)(C)OC(=O)N[C@@H](CCC(=O)O)C[Se]c1ccc(Cl)cc1. The summed E-state index contributed by atoms with van der Waals surface area (Å²) in [5.74, 6) is -0.875. The number of benzene rings is 1. The quantitative estimate of drug-likeness (QED) is 0.683. The Balaban J connectivity index is 2.58. The van der Waals surface area contributed by atoms with Gasteiger partial charge in [-0.25, -0.2) is 0 Å². The number of carbonyl (C=O) groups excluding carboxylic acids is 1. The zero-order chi connectivity index (χ0) is 17.5. The van der Waals surface area contributed by atoms with Crippen molar-refractivity contribution in [2.45, 2.75) is 50.6 Å². The van der Waals surface area contributed by atoms with Crippen molar-refractivity contribution in [1.29, 1.82) is 0 Å². The van der Waals surface area contributed by atoms with Crippen LogP contribution >= 0.6 is 11.6 Å². The van der Waals surface area contributed by atoms with Gasteiger partial charge in [-0.2, -0.15) is 0 Å². The molecule has 23 heavy (non-hydrogen) atoms. The molecule has 0 bridgehead atoms. The van der Waals surface area contributed by atoms with Gasteiger partial charge in [-0.05, 0) is 0 Å². The van der Waals surface area contributed by atoms with Crippen molar-refractivity contribution in [2.75, 3.05) is 0 Å². The third-order valence-corrected chi connectivity index (χ3v) is 5.41. The van der Waals surface area contributed by atoms with Crippen LogP contribution in [0.1, 0.15) is 33.6 Å². The number of aliphatic carboxylic acids is 1. The second-order valence-corrected chi connectivity index (χ2v) is 8.77. The van der Waals surface area contributed by atoms with Crippen molar-refractivity contribution in [3.05, 3.63) is 29.3 Å². The monoisotopic (exact) mass is 407 g/mol. The normalized spacial score (nSPS) is 12.5. The molecular weight excluding hydrogens is 385 g/mol. The van der Waals surface area contributed by atoms with Crippen LogP contribution in [-0.2, 0) is 9.53 Å². The van der Waals surface area contributed by atoms with Gasteiger partial charge in [-0.15, -0.1) is 0 Å². The molecule has 0 spiro atoms. The van der Waals surface area contributed by atoms with Gasteiger partial charge in [-0.1, -0.05) is 0 Å². The Kier molecular flexibility index (Phi) is 7.89. The molecule has 5 nitrogen and oxygen atoms in total. The zero-order valence-corrected chi connectivity index (χ0v) is 15.9. The Labute approximate surface area is 147 Å². The summed E-state index contributed by atoms with van der Waals surface area (Å²) in [6.07, 6.45) is -0.124. The number of rotatable bonds is 7. The van der Waals surface area contributed by atoms with Gasteiger partial charge < -0.3 is 0 Å². The van der Waals surface area contributed by atoms with Crippen molar-refractivity contribution in [2.24, 2.45) is 0 Å². The van der Waals surface area contributed by atoms with E-state index in [0.29, 0.717) is 16.8 Å². The fraction of sp³-hybridized carbons (Fsp3) is 0.500. The molecule has 0 fully saturated rings. The first-order valence-corrected chi connectivity index (χ1v) is 9.70. The van der Waals surface area contributed by atoms with Crippen LogP contribution in [-0.4, -0.2) is 43.8 Å². The fourth-order valence-corrected chi connectivity index (χ4v) is 3.86. The van der Waals surface area contributed by atoms with Crippen LogP contribution in [0.5, 0.6) is 0 Å². The number of carbonyl (C=O) groups is 2. The summed E-state index contributed by atoms with van der Waals surface area (Å²) >= 11 is 5.97. The van der Waals surface area contributed by atoms with Crippen LogP contribution in [0.25, 0.3) is 0 Å². The number of hydrogen-bond acceptors (Lipinski definition) is 3. The Hall–Kier alpha value is -1.23. The average Bonchev–Trinajstić information content (AvgIpc) is 2.41. The Morgan fingerprint density at radius 3 is 2.43 bits per heavy atom. The predicted octanol–water partition coefficient (Wildman–Crippen LogP) is 2.85. The molecule has 1 atom stereocenters. The van der Waals surface area contributed by atoms with Gasteiger partial charge in [0.2, 0.25) is 0 Å². The molecule has 1 rings (SSSR count).